The molecule has 2 amide bonds. The van der Waals surface area contributed by atoms with Gasteiger partial charge in [0.15, 0.2) is 0 Å². The van der Waals surface area contributed by atoms with E-state index in [2.05, 4.69) is 5.32 Å². The molecule has 100 valence electrons. The zero-order chi connectivity index (χ0) is 13.4. The summed E-state index contributed by atoms with van der Waals surface area (Å²) in [6.45, 7) is 9.38. The molecule has 0 heterocycles. The molecule has 1 atom stereocenters. The smallest absolute Gasteiger partial charge is 0.237 e. The fourth-order valence-corrected chi connectivity index (χ4v) is 1.70. The number of hydrogen-bond acceptors (Lipinski definition) is 3. The van der Waals surface area contributed by atoms with Gasteiger partial charge in [0.05, 0.1) is 6.54 Å². The van der Waals surface area contributed by atoms with Crippen LogP contribution in [-0.4, -0.2) is 42.4 Å². The van der Waals surface area contributed by atoms with Gasteiger partial charge in [-0.25, -0.2) is 0 Å². The summed E-state index contributed by atoms with van der Waals surface area (Å²) in [7, 11) is 0. The van der Waals surface area contributed by atoms with Gasteiger partial charge in [-0.1, -0.05) is 20.8 Å². The molecule has 0 saturated heterocycles. The summed E-state index contributed by atoms with van der Waals surface area (Å²) >= 11 is 0. The highest BCUT2D eigenvalue weighted by Crippen LogP contribution is 2.03. The average Bonchev–Trinajstić information content (AvgIpc) is 2.15. The Morgan fingerprint density at radius 1 is 1.29 bits per heavy atom. The summed E-state index contributed by atoms with van der Waals surface area (Å²) in [6, 6.07) is 0.120. The standard InChI is InChI=1S/C12H25N3O2/c1-5-14-10(4)6-12(17)15(7-9(2)3)8-11(13)16/h9-10,14H,5-8H2,1-4H3,(H2,13,16). The van der Waals surface area contributed by atoms with E-state index in [0.29, 0.717) is 18.9 Å². The Bertz CT molecular complexity index is 254. The van der Waals surface area contributed by atoms with Crippen LogP contribution in [0.4, 0.5) is 0 Å². The van der Waals surface area contributed by atoms with E-state index < -0.39 is 5.91 Å². The molecule has 17 heavy (non-hydrogen) atoms. The second-order valence-electron chi connectivity index (χ2n) is 4.80. The Balaban J connectivity index is 4.35. The first-order valence-corrected chi connectivity index (χ1v) is 6.16. The van der Waals surface area contributed by atoms with Crippen molar-refractivity contribution in [1.82, 2.24) is 10.2 Å². The van der Waals surface area contributed by atoms with Crippen LogP contribution in [0, 0.1) is 5.92 Å². The lowest BCUT2D eigenvalue weighted by atomic mass is 10.1. The van der Waals surface area contributed by atoms with Crippen LogP contribution in [0.2, 0.25) is 0 Å². The van der Waals surface area contributed by atoms with E-state index in [4.69, 9.17) is 5.73 Å². The normalized spacial score (nSPS) is 12.5. The second kappa shape index (κ2) is 8.06. The molecule has 3 N–H and O–H groups in total. The van der Waals surface area contributed by atoms with E-state index in [0.717, 1.165) is 6.54 Å². The maximum atomic E-state index is 12.0. The third-order valence-electron chi connectivity index (χ3n) is 2.32. The first-order valence-electron chi connectivity index (χ1n) is 6.16. The van der Waals surface area contributed by atoms with E-state index in [1.165, 1.54) is 0 Å². The molecule has 0 aliphatic rings. The minimum atomic E-state index is -0.463. The van der Waals surface area contributed by atoms with Crippen LogP contribution in [-0.2, 0) is 9.59 Å². The quantitative estimate of drug-likeness (QED) is 0.645. The first kappa shape index (κ1) is 15.9. The summed E-state index contributed by atoms with van der Waals surface area (Å²) in [5.74, 6) is -0.159. The van der Waals surface area contributed by atoms with Crippen molar-refractivity contribution < 1.29 is 9.59 Å². The van der Waals surface area contributed by atoms with Crippen molar-refractivity contribution in [3.05, 3.63) is 0 Å². The van der Waals surface area contributed by atoms with Crippen molar-refractivity contribution in [3.63, 3.8) is 0 Å². The van der Waals surface area contributed by atoms with Crippen LogP contribution in [0.15, 0.2) is 0 Å². The molecule has 5 nitrogen and oxygen atoms in total. The predicted molar refractivity (Wildman–Crippen MR) is 68.4 cm³/mol. The van der Waals surface area contributed by atoms with E-state index >= 15 is 0 Å². The molecule has 0 aromatic rings. The maximum Gasteiger partial charge on any atom is 0.237 e. The van der Waals surface area contributed by atoms with Gasteiger partial charge in [0, 0.05) is 19.0 Å². The third-order valence-corrected chi connectivity index (χ3v) is 2.32. The Hall–Kier alpha value is -1.10. The second-order valence-corrected chi connectivity index (χ2v) is 4.80. The number of hydrogen-bond donors (Lipinski definition) is 2. The molecular weight excluding hydrogens is 218 g/mol. The number of rotatable bonds is 8. The Labute approximate surface area is 104 Å². The molecule has 0 saturated carbocycles. The van der Waals surface area contributed by atoms with Crippen LogP contribution in [0.1, 0.15) is 34.1 Å². The first-order chi connectivity index (χ1) is 7.86. The van der Waals surface area contributed by atoms with Gasteiger partial charge in [-0.05, 0) is 19.4 Å². The molecule has 0 bridgehead atoms. The molecule has 0 radical (unpaired) electrons. The van der Waals surface area contributed by atoms with Crippen LogP contribution < -0.4 is 11.1 Å². The van der Waals surface area contributed by atoms with Crippen molar-refractivity contribution in [2.24, 2.45) is 11.7 Å². The summed E-state index contributed by atoms with van der Waals surface area (Å²) in [6.07, 6.45) is 0.397. The Morgan fingerprint density at radius 2 is 1.88 bits per heavy atom. The fourth-order valence-electron chi connectivity index (χ4n) is 1.70. The third kappa shape index (κ3) is 7.74. The molecule has 0 spiro atoms. The SMILES string of the molecule is CCNC(C)CC(=O)N(CC(N)=O)CC(C)C. The Kier molecular flexibility index (Phi) is 7.54. The largest absolute Gasteiger partial charge is 0.368 e. The molecule has 0 aromatic heterocycles. The molecule has 0 aliphatic carbocycles. The molecular formula is C12H25N3O2. The summed E-state index contributed by atoms with van der Waals surface area (Å²) in [4.78, 5) is 24.4. The number of nitrogens with one attached hydrogen (secondary N) is 1. The van der Waals surface area contributed by atoms with Crippen LogP contribution in [0.5, 0.6) is 0 Å². The Morgan fingerprint density at radius 3 is 2.29 bits per heavy atom. The fraction of sp³-hybridized carbons (Fsp3) is 0.833. The molecule has 5 heteroatoms. The molecule has 1 unspecified atom stereocenters. The van der Waals surface area contributed by atoms with Gasteiger partial charge in [-0.15, -0.1) is 0 Å². The van der Waals surface area contributed by atoms with Crippen molar-refractivity contribution in [2.45, 2.75) is 40.2 Å². The average molecular weight is 243 g/mol. The molecule has 0 aliphatic heterocycles. The van der Waals surface area contributed by atoms with E-state index in [9.17, 15) is 9.59 Å². The lowest BCUT2D eigenvalue weighted by Gasteiger charge is -2.24. The number of nitrogens with zero attached hydrogens (tertiary/aromatic N) is 1. The van der Waals surface area contributed by atoms with Crippen molar-refractivity contribution >= 4 is 11.8 Å². The topological polar surface area (TPSA) is 75.4 Å². The number of carbonyl (C=O) groups is 2. The highest BCUT2D eigenvalue weighted by Gasteiger charge is 2.18. The highest BCUT2D eigenvalue weighted by atomic mass is 16.2. The minimum Gasteiger partial charge on any atom is -0.368 e. The highest BCUT2D eigenvalue weighted by molar-refractivity contribution is 5.84. The predicted octanol–water partition coefficient (Wildman–Crippen LogP) is 0.344. The minimum absolute atomic E-state index is 0.00978. The molecule has 0 rings (SSSR count). The van der Waals surface area contributed by atoms with Gasteiger partial charge in [0.1, 0.15) is 0 Å². The summed E-state index contributed by atoms with van der Waals surface area (Å²) in [5, 5.41) is 3.17. The zero-order valence-electron chi connectivity index (χ0n) is 11.3. The van der Waals surface area contributed by atoms with Gasteiger partial charge in [-0.3, -0.25) is 9.59 Å². The number of primary amides is 1. The van der Waals surface area contributed by atoms with Crippen LogP contribution in [0.3, 0.4) is 0 Å². The summed E-state index contributed by atoms with van der Waals surface area (Å²) in [5.41, 5.74) is 5.15. The number of carbonyl (C=O) groups excluding carboxylic acids is 2. The molecule has 0 fully saturated rings. The van der Waals surface area contributed by atoms with E-state index in [1.807, 2.05) is 27.7 Å². The van der Waals surface area contributed by atoms with Gasteiger partial charge >= 0.3 is 0 Å². The van der Waals surface area contributed by atoms with E-state index in [1.54, 1.807) is 4.90 Å². The lowest BCUT2D eigenvalue weighted by Crippen LogP contribution is -2.43. The molecule has 0 aromatic carbocycles. The lowest BCUT2D eigenvalue weighted by molar-refractivity contribution is -0.136. The maximum absolute atomic E-state index is 12.0. The number of nitrogens with two attached hydrogens (primary N) is 1. The number of amides is 2. The van der Waals surface area contributed by atoms with Crippen LogP contribution >= 0.6 is 0 Å². The van der Waals surface area contributed by atoms with Crippen molar-refractivity contribution in [3.8, 4) is 0 Å². The summed E-state index contributed by atoms with van der Waals surface area (Å²) < 4.78 is 0. The van der Waals surface area contributed by atoms with Gasteiger partial charge in [0.2, 0.25) is 11.8 Å². The zero-order valence-corrected chi connectivity index (χ0v) is 11.3. The van der Waals surface area contributed by atoms with E-state index in [-0.39, 0.29) is 18.5 Å². The van der Waals surface area contributed by atoms with Crippen molar-refractivity contribution in [1.29, 1.82) is 0 Å². The van der Waals surface area contributed by atoms with Gasteiger partial charge in [-0.2, -0.15) is 0 Å². The monoisotopic (exact) mass is 243 g/mol. The van der Waals surface area contributed by atoms with Gasteiger partial charge < -0.3 is 16.0 Å². The van der Waals surface area contributed by atoms with Crippen LogP contribution in [0.25, 0.3) is 0 Å². The van der Waals surface area contributed by atoms with Crippen molar-refractivity contribution in [2.75, 3.05) is 19.6 Å². The van der Waals surface area contributed by atoms with Gasteiger partial charge in [0.25, 0.3) is 0 Å².